The predicted octanol–water partition coefficient (Wildman–Crippen LogP) is -3.91. The second-order valence-electron chi connectivity index (χ2n) is 7.13. The molecular weight excluding hydrogens is 411 g/mol. The number of benzene rings is 1. The third kappa shape index (κ3) is 4.81. The molecule has 0 nitrogen and oxygen atoms in total. The van der Waals surface area contributed by atoms with E-state index in [2.05, 4.69) is 78.9 Å². The van der Waals surface area contributed by atoms with Gasteiger partial charge in [-0.15, -0.1) is 6.92 Å². The molecule has 0 radical (unpaired) electrons. The van der Waals surface area contributed by atoms with Gasteiger partial charge in [-0.3, -0.25) is 6.08 Å². The number of aryl methyl sites for hydroxylation is 2. The second kappa shape index (κ2) is 10.00. The first-order valence-electron chi connectivity index (χ1n) is 7.48. The summed E-state index contributed by atoms with van der Waals surface area (Å²) < 4.78 is 0. The van der Waals surface area contributed by atoms with Crippen LogP contribution in [0.1, 0.15) is 38.8 Å². The monoisotopic (exact) mass is 436 g/mol. The van der Waals surface area contributed by atoms with Gasteiger partial charge < -0.3 is 37.2 Å². The molecule has 2 rings (SSSR count). The fraction of sp³-hybridized carbons (Fsp3) is 0.474. The van der Waals surface area contributed by atoms with Crippen LogP contribution in [0.25, 0.3) is 0 Å². The third-order valence-electron chi connectivity index (χ3n) is 5.51. The average molecular weight is 438 g/mol. The molecule has 1 atom stereocenters. The number of rotatable bonds is 2. The minimum Gasteiger partial charge on any atom is -1.00 e. The van der Waals surface area contributed by atoms with Crippen molar-refractivity contribution in [1.82, 2.24) is 0 Å². The predicted molar refractivity (Wildman–Crippen MR) is 92.2 cm³/mol. The van der Waals surface area contributed by atoms with Crippen LogP contribution in [0.4, 0.5) is 0 Å². The van der Waals surface area contributed by atoms with Crippen molar-refractivity contribution in [3.8, 4) is 0 Å². The van der Waals surface area contributed by atoms with E-state index >= 15 is 0 Å². The minimum absolute atomic E-state index is 0. The van der Waals surface area contributed by atoms with E-state index in [1.54, 1.807) is 5.19 Å². The second-order valence-corrected chi connectivity index (χ2v) is 12.0. The molecule has 0 aromatic heterocycles. The zero-order chi connectivity index (χ0) is 15.3. The van der Waals surface area contributed by atoms with E-state index in [1.807, 2.05) is 0 Å². The quantitative estimate of drug-likeness (QED) is 0.328. The molecule has 1 unspecified atom stereocenters. The van der Waals surface area contributed by atoms with Gasteiger partial charge in [-0.05, 0) is 13.8 Å². The summed E-state index contributed by atoms with van der Waals surface area (Å²) >= 11 is 0. The minimum atomic E-state index is -1.67. The molecule has 1 aromatic rings. The summed E-state index contributed by atoms with van der Waals surface area (Å²) in [6, 6.07) is 7.05. The first kappa shape index (κ1) is 29.3. The maximum absolute atomic E-state index is 3.81. The van der Waals surface area contributed by atoms with Crippen molar-refractivity contribution < 1.29 is 58.9 Å². The smallest absolute Gasteiger partial charge is 1.00 e. The van der Waals surface area contributed by atoms with Gasteiger partial charge in [0.15, 0.2) is 0 Å². The standard InChI is InChI=1S/C19H27Si.3ClH.Ti/c1-13-9-14(2)11-18(10-13)20(7,8)19(6)12-15(3)16(4)17(19)5;;;;/h9-11H,1-8H3;3*1H;/q-1;;;;+4/p-3. The van der Waals surface area contributed by atoms with Crippen LogP contribution >= 0.6 is 0 Å². The third-order valence-corrected chi connectivity index (χ3v) is 10.2. The van der Waals surface area contributed by atoms with Crippen molar-refractivity contribution in [2.24, 2.45) is 0 Å². The Hall–Kier alpha value is 0.501. The van der Waals surface area contributed by atoms with E-state index in [4.69, 9.17) is 0 Å². The normalized spacial score (nSPS) is 19.4. The Morgan fingerprint density at radius 1 is 0.833 bits per heavy atom. The molecule has 1 aromatic carbocycles. The molecule has 0 aliphatic heterocycles. The van der Waals surface area contributed by atoms with Crippen LogP contribution in [0.2, 0.25) is 18.1 Å². The van der Waals surface area contributed by atoms with Crippen molar-refractivity contribution in [3.05, 3.63) is 52.1 Å². The Bertz CT molecular complexity index is 615. The van der Waals surface area contributed by atoms with Gasteiger partial charge in [-0.1, -0.05) is 73.4 Å². The van der Waals surface area contributed by atoms with Crippen molar-refractivity contribution in [2.45, 2.75) is 59.7 Å². The average Bonchev–Trinajstić information content (AvgIpc) is 2.53. The molecule has 5 heteroatoms. The number of hydrogen-bond donors (Lipinski definition) is 0. The van der Waals surface area contributed by atoms with E-state index in [9.17, 15) is 0 Å². The summed E-state index contributed by atoms with van der Waals surface area (Å²) in [5.74, 6) is 0. The van der Waals surface area contributed by atoms with E-state index in [1.165, 1.54) is 27.8 Å². The Morgan fingerprint density at radius 3 is 1.58 bits per heavy atom. The topological polar surface area (TPSA) is 0 Å². The van der Waals surface area contributed by atoms with Crippen LogP contribution in [0.15, 0.2) is 34.9 Å². The maximum Gasteiger partial charge on any atom is 4.00 e. The van der Waals surface area contributed by atoms with Crippen LogP contribution in [0.3, 0.4) is 0 Å². The van der Waals surface area contributed by atoms with E-state index in [0.717, 1.165) is 0 Å². The Morgan fingerprint density at radius 2 is 1.25 bits per heavy atom. The fourth-order valence-corrected chi connectivity index (χ4v) is 6.85. The largest absolute Gasteiger partial charge is 4.00 e. The van der Waals surface area contributed by atoms with Gasteiger partial charge in [0.05, 0.1) is 8.07 Å². The van der Waals surface area contributed by atoms with E-state index in [-0.39, 0.29) is 64.0 Å². The van der Waals surface area contributed by atoms with Gasteiger partial charge in [0.2, 0.25) is 0 Å². The first-order chi connectivity index (χ1) is 9.09. The SMILES string of the molecule is CC1=[C-]C(C)([Si](C)(C)c2cc(C)cc(C)c2)C(C)=C1C.[Cl-].[Cl-].[Cl-].[Ti+4]. The zero-order valence-corrected chi connectivity index (χ0v) is 20.7. The molecule has 0 saturated heterocycles. The zero-order valence-electron chi connectivity index (χ0n) is 15.9. The van der Waals surface area contributed by atoms with Crippen molar-refractivity contribution >= 4 is 13.3 Å². The summed E-state index contributed by atoms with van der Waals surface area (Å²) in [5, 5.41) is 1.66. The first-order valence-corrected chi connectivity index (χ1v) is 10.5. The molecule has 0 fully saturated rings. The van der Waals surface area contributed by atoms with E-state index in [0.29, 0.717) is 0 Å². The van der Waals surface area contributed by atoms with Gasteiger partial charge in [0.1, 0.15) is 0 Å². The summed E-state index contributed by atoms with van der Waals surface area (Å²) in [5.41, 5.74) is 7.06. The Balaban J connectivity index is -0.00000110. The van der Waals surface area contributed by atoms with Gasteiger partial charge >= 0.3 is 21.7 Å². The van der Waals surface area contributed by atoms with Crippen LogP contribution in [-0.4, -0.2) is 8.07 Å². The maximum atomic E-state index is 3.81. The summed E-state index contributed by atoms with van der Waals surface area (Å²) in [4.78, 5) is 0. The number of halogens is 3. The molecule has 0 spiro atoms. The van der Waals surface area contributed by atoms with Gasteiger partial charge in [0.25, 0.3) is 0 Å². The number of allylic oxidation sites excluding steroid dienone is 4. The van der Waals surface area contributed by atoms with Crippen LogP contribution < -0.4 is 42.4 Å². The molecular formula is C19H27Cl3SiTi. The molecule has 1 aliphatic rings. The van der Waals surface area contributed by atoms with Crippen molar-refractivity contribution in [3.63, 3.8) is 0 Å². The molecule has 0 heterocycles. The molecule has 24 heavy (non-hydrogen) atoms. The molecule has 132 valence electrons. The molecule has 0 amide bonds. The molecule has 0 saturated carbocycles. The Kier molecular flexibility index (Phi) is 12.2. The van der Waals surface area contributed by atoms with Gasteiger partial charge in [-0.2, -0.15) is 11.1 Å². The molecule has 1 aliphatic carbocycles. The summed E-state index contributed by atoms with van der Waals surface area (Å²) in [6.45, 7) is 18.5. The van der Waals surface area contributed by atoms with Crippen LogP contribution in [-0.2, 0) is 21.7 Å². The fourth-order valence-electron chi connectivity index (χ4n) is 3.47. The van der Waals surface area contributed by atoms with E-state index < -0.39 is 8.07 Å². The molecule has 0 bridgehead atoms. The number of hydrogen-bond acceptors (Lipinski definition) is 0. The van der Waals surface area contributed by atoms with Gasteiger partial charge in [-0.25, -0.2) is 5.57 Å². The Labute approximate surface area is 183 Å². The van der Waals surface area contributed by atoms with Crippen LogP contribution in [0.5, 0.6) is 0 Å². The summed E-state index contributed by atoms with van der Waals surface area (Å²) in [6.07, 6.45) is 3.81. The van der Waals surface area contributed by atoms with Crippen molar-refractivity contribution in [2.75, 3.05) is 0 Å². The summed E-state index contributed by atoms with van der Waals surface area (Å²) in [7, 11) is -1.67. The van der Waals surface area contributed by atoms with Crippen molar-refractivity contribution in [1.29, 1.82) is 0 Å². The van der Waals surface area contributed by atoms with Gasteiger partial charge in [0, 0.05) is 0 Å². The molecule has 0 N–H and O–H groups in total. The van der Waals surface area contributed by atoms with Crippen LogP contribution in [0, 0.1) is 19.9 Å².